The molecule has 88 valence electrons. The van der Waals surface area contributed by atoms with Gasteiger partial charge in [-0.2, -0.15) is 0 Å². The Hall–Kier alpha value is -1.68. The summed E-state index contributed by atoms with van der Waals surface area (Å²) in [5.41, 5.74) is 1.64. The van der Waals surface area contributed by atoms with Crippen LogP contribution in [0, 0.1) is 0 Å². The average molecular weight is 230 g/mol. The molecule has 1 aliphatic heterocycles. The molecule has 1 aliphatic rings. The van der Waals surface area contributed by atoms with E-state index < -0.39 is 0 Å². The Labute approximate surface area is 99.0 Å². The highest BCUT2D eigenvalue weighted by atomic mass is 16.5. The lowest BCUT2D eigenvalue weighted by atomic mass is 10.00. The number of fused-ring (bicyclic) bond motifs is 1. The zero-order chi connectivity index (χ0) is 11.7. The molecule has 1 atom stereocenters. The Bertz CT molecular complexity index is 541. The number of rotatable bonds is 2. The predicted octanol–water partition coefficient (Wildman–Crippen LogP) is 2.31. The van der Waals surface area contributed by atoms with Crippen LogP contribution >= 0.6 is 0 Å². The maximum Gasteiger partial charge on any atom is 0.193 e. The molecule has 0 bridgehead atoms. The minimum absolute atomic E-state index is 0.0731. The maximum absolute atomic E-state index is 12.3. The van der Waals surface area contributed by atoms with E-state index in [1.54, 1.807) is 18.6 Å². The van der Waals surface area contributed by atoms with Crippen LogP contribution in [0.3, 0.4) is 0 Å². The van der Waals surface area contributed by atoms with Gasteiger partial charge in [0, 0.05) is 41.7 Å². The Morgan fingerprint density at radius 2 is 2.41 bits per heavy atom. The molecule has 0 amide bonds. The van der Waals surface area contributed by atoms with E-state index in [0.717, 1.165) is 30.2 Å². The van der Waals surface area contributed by atoms with Crippen LogP contribution in [0.5, 0.6) is 0 Å². The van der Waals surface area contributed by atoms with Crippen LogP contribution in [0.25, 0.3) is 10.9 Å². The summed E-state index contributed by atoms with van der Waals surface area (Å²) in [7, 11) is 0. The molecule has 0 saturated carbocycles. The van der Waals surface area contributed by atoms with Crippen molar-refractivity contribution < 1.29 is 9.53 Å². The van der Waals surface area contributed by atoms with Gasteiger partial charge >= 0.3 is 0 Å². The van der Waals surface area contributed by atoms with Crippen LogP contribution in [0.1, 0.15) is 29.6 Å². The minimum atomic E-state index is -0.275. The molecule has 4 nitrogen and oxygen atoms in total. The fourth-order valence-electron chi connectivity index (χ4n) is 2.29. The molecular weight excluding hydrogens is 216 g/mol. The molecule has 1 N–H and O–H groups in total. The molecular formula is C13H14N2O2. The van der Waals surface area contributed by atoms with Gasteiger partial charge in [-0.05, 0) is 25.3 Å². The highest BCUT2D eigenvalue weighted by Crippen LogP contribution is 2.22. The van der Waals surface area contributed by atoms with E-state index in [1.165, 1.54) is 0 Å². The lowest BCUT2D eigenvalue weighted by molar-refractivity contribution is 0.0188. The highest BCUT2D eigenvalue weighted by Gasteiger charge is 2.25. The van der Waals surface area contributed by atoms with E-state index in [-0.39, 0.29) is 11.9 Å². The second-order valence-electron chi connectivity index (χ2n) is 4.34. The number of carbonyl (C=O) groups is 1. The van der Waals surface area contributed by atoms with Gasteiger partial charge in [0.05, 0.1) is 0 Å². The Morgan fingerprint density at radius 1 is 1.47 bits per heavy atom. The van der Waals surface area contributed by atoms with E-state index in [4.69, 9.17) is 4.74 Å². The van der Waals surface area contributed by atoms with Crippen molar-refractivity contribution in [2.75, 3.05) is 6.61 Å². The third-order valence-electron chi connectivity index (χ3n) is 3.22. The van der Waals surface area contributed by atoms with E-state index in [0.29, 0.717) is 12.2 Å². The predicted molar refractivity (Wildman–Crippen MR) is 64.0 cm³/mol. The van der Waals surface area contributed by atoms with Gasteiger partial charge in [-0.1, -0.05) is 0 Å². The molecule has 0 aliphatic carbocycles. The molecule has 1 saturated heterocycles. The standard InChI is InChI=1S/C13H14N2O2/c16-13(12-3-1-2-6-17-12)10-8-15-11-4-5-14-7-9(10)11/h4-5,7-8,12,15H,1-3,6H2. The molecule has 1 fully saturated rings. The number of ketones is 1. The van der Waals surface area contributed by atoms with Crippen LogP contribution in [-0.2, 0) is 4.74 Å². The van der Waals surface area contributed by atoms with Gasteiger partial charge in [-0.15, -0.1) is 0 Å². The first-order chi connectivity index (χ1) is 8.36. The molecule has 3 heterocycles. The number of Topliss-reactive ketones (excluding diaryl/α,β-unsaturated/α-hetero) is 1. The van der Waals surface area contributed by atoms with Crippen LogP contribution in [-0.4, -0.2) is 28.5 Å². The molecule has 1 unspecified atom stereocenters. The second-order valence-corrected chi connectivity index (χ2v) is 4.34. The summed E-state index contributed by atoms with van der Waals surface area (Å²) >= 11 is 0. The Balaban J connectivity index is 1.95. The van der Waals surface area contributed by atoms with Crippen LogP contribution in [0.4, 0.5) is 0 Å². The first-order valence-corrected chi connectivity index (χ1v) is 5.93. The Kier molecular flexibility index (Phi) is 2.65. The van der Waals surface area contributed by atoms with E-state index in [2.05, 4.69) is 9.97 Å². The number of ether oxygens (including phenoxy) is 1. The van der Waals surface area contributed by atoms with E-state index in [1.807, 2.05) is 6.07 Å². The van der Waals surface area contributed by atoms with Crippen molar-refractivity contribution in [2.45, 2.75) is 25.4 Å². The zero-order valence-corrected chi connectivity index (χ0v) is 9.48. The van der Waals surface area contributed by atoms with Gasteiger partial charge in [0.25, 0.3) is 0 Å². The normalized spacial score (nSPS) is 20.6. The molecule has 0 radical (unpaired) electrons. The summed E-state index contributed by atoms with van der Waals surface area (Å²) in [6.07, 6.45) is 7.86. The lowest BCUT2D eigenvalue weighted by Gasteiger charge is -2.20. The number of hydrogen-bond donors (Lipinski definition) is 1. The lowest BCUT2D eigenvalue weighted by Crippen LogP contribution is -2.28. The summed E-state index contributed by atoms with van der Waals surface area (Å²) in [5.74, 6) is 0.0731. The van der Waals surface area contributed by atoms with Gasteiger partial charge in [-0.25, -0.2) is 0 Å². The van der Waals surface area contributed by atoms with Gasteiger partial charge in [0.1, 0.15) is 6.10 Å². The fraction of sp³-hybridized carbons (Fsp3) is 0.385. The molecule has 17 heavy (non-hydrogen) atoms. The van der Waals surface area contributed by atoms with Gasteiger partial charge < -0.3 is 9.72 Å². The monoisotopic (exact) mass is 230 g/mol. The van der Waals surface area contributed by atoms with E-state index >= 15 is 0 Å². The topological polar surface area (TPSA) is 55.0 Å². The number of aromatic nitrogens is 2. The fourth-order valence-corrected chi connectivity index (χ4v) is 2.29. The molecule has 4 heteroatoms. The van der Waals surface area contributed by atoms with Crippen molar-refractivity contribution >= 4 is 16.7 Å². The molecule has 2 aromatic rings. The summed E-state index contributed by atoms with van der Waals surface area (Å²) in [6, 6.07) is 1.87. The van der Waals surface area contributed by atoms with Crippen molar-refractivity contribution in [3.8, 4) is 0 Å². The number of pyridine rings is 1. The van der Waals surface area contributed by atoms with Crippen molar-refractivity contribution in [3.05, 3.63) is 30.2 Å². The van der Waals surface area contributed by atoms with Crippen LogP contribution in [0.15, 0.2) is 24.7 Å². The van der Waals surface area contributed by atoms with E-state index in [9.17, 15) is 4.79 Å². The third kappa shape index (κ3) is 1.85. The smallest absolute Gasteiger partial charge is 0.193 e. The number of hydrogen-bond acceptors (Lipinski definition) is 3. The van der Waals surface area contributed by atoms with Crippen molar-refractivity contribution in [1.82, 2.24) is 9.97 Å². The van der Waals surface area contributed by atoms with Crippen LogP contribution < -0.4 is 0 Å². The van der Waals surface area contributed by atoms with Crippen LogP contribution in [0.2, 0.25) is 0 Å². The molecule has 2 aromatic heterocycles. The quantitative estimate of drug-likeness (QED) is 0.805. The SMILES string of the molecule is O=C(c1c[nH]c2ccncc12)C1CCCCO1. The third-order valence-corrected chi connectivity index (χ3v) is 3.22. The highest BCUT2D eigenvalue weighted by molar-refractivity contribution is 6.09. The molecule has 3 rings (SSSR count). The largest absolute Gasteiger partial charge is 0.370 e. The molecule has 0 aromatic carbocycles. The van der Waals surface area contributed by atoms with Crippen molar-refractivity contribution in [1.29, 1.82) is 0 Å². The number of nitrogens with zero attached hydrogens (tertiary/aromatic N) is 1. The first kappa shape index (κ1) is 10.5. The first-order valence-electron chi connectivity index (χ1n) is 5.93. The summed E-state index contributed by atoms with van der Waals surface area (Å²) < 4.78 is 5.53. The zero-order valence-electron chi connectivity index (χ0n) is 9.48. The van der Waals surface area contributed by atoms with Gasteiger partial charge in [-0.3, -0.25) is 9.78 Å². The van der Waals surface area contributed by atoms with Gasteiger partial charge in [0.2, 0.25) is 0 Å². The minimum Gasteiger partial charge on any atom is -0.370 e. The summed E-state index contributed by atoms with van der Waals surface area (Å²) in [6.45, 7) is 0.691. The number of nitrogens with one attached hydrogen (secondary N) is 1. The van der Waals surface area contributed by atoms with Crippen molar-refractivity contribution in [2.24, 2.45) is 0 Å². The number of carbonyl (C=O) groups excluding carboxylic acids is 1. The second kappa shape index (κ2) is 4.30. The Morgan fingerprint density at radius 3 is 3.24 bits per heavy atom. The maximum atomic E-state index is 12.3. The molecule has 0 spiro atoms. The van der Waals surface area contributed by atoms with Crippen molar-refractivity contribution in [3.63, 3.8) is 0 Å². The number of H-pyrrole nitrogens is 1. The summed E-state index contributed by atoms with van der Waals surface area (Å²) in [5, 5.41) is 0.881. The number of aromatic amines is 1. The summed E-state index contributed by atoms with van der Waals surface area (Å²) in [4.78, 5) is 19.5. The van der Waals surface area contributed by atoms with Gasteiger partial charge in [0.15, 0.2) is 5.78 Å². The average Bonchev–Trinajstić information content (AvgIpc) is 2.83.